The average Bonchev–Trinajstić information content (AvgIpc) is 2.42. The Morgan fingerprint density at radius 3 is 2.84 bits per heavy atom. The number of hydrogen-bond acceptors (Lipinski definition) is 3. The Labute approximate surface area is 113 Å². The Bertz CT molecular complexity index is 446. The van der Waals surface area contributed by atoms with Crippen molar-refractivity contribution in [1.29, 1.82) is 0 Å². The summed E-state index contributed by atoms with van der Waals surface area (Å²) in [5.74, 6) is -0.201. The van der Waals surface area contributed by atoms with Gasteiger partial charge in [-0.05, 0) is 24.1 Å². The standard InChI is InChI=1S/C14H19N2O3/c1-10(14(15)18)6-7-13(17)16-9-11-4-3-5-12(8-11)19-2/h3-5,7-8,10H,6,9H2,1-2H3,(H2,15,18)(H,16,17)/t10-/m0/s1. The largest absolute Gasteiger partial charge is 0.497 e. The quantitative estimate of drug-likeness (QED) is 0.770. The van der Waals surface area contributed by atoms with Crippen LogP contribution in [-0.4, -0.2) is 18.9 Å². The van der Waals surface area contributed by atoms with Crippen molar-refractivity contribution in [1.82, 2.24) is 5.32 Å². The minimum absolute atomic E-state index is 0.212. The Morgan fingerprint density at radius 2 is 2.21 bits per heavy atom. The van der Waals surface area contributed by atoms with Gasteiger partial charge in [-0.3, -0.25) is 9.59 Å². The van der Waals surface area contributed by atoms with Gasteiger partial charge in [-0.15, -0.1) is 0 Å². The maximum atomic E-state index is 11.5. The van der Waals surface area contributed by atoms with Crippen LogP contribution >= 0.6 is 0 Å². The highest BCUT2D eigenvalue weighted by Gasteiger charge is 2.11. The Hall–Kier alpha value is -2.04. The zero-order chi connectivity index (χ0) is 14.3. The monoisotopic (exact) mass is 263 g/mol. The number of amides is 2. The van der Waals surface area contributed by atoms with Gasteiger partial charge in [-0.2, -0.15) is 0 Å². The summed E-state index contributed by atoms with van der Waals surface area (Å²) in [5.41, 5.74) is 6.06. The molecule has 2 amide bonds. The molecular weight excluding hydrogens is 244 g/mol. The molecule has 1 aromatic rings. The lowest BCUT2D eigenvalue weighted by molar-refractivity contribution is -0.121. The molecule has 1 rings (SSSR count). The van der Waals surface area contributed by atoms with Gasteiger partial charge >= 0.3 is 0 Å². The Morgan fingerprint density at radius 1 is 1.47 bits per heavy atom. The lowest BCUT2D eigenvalue weighted by Crippen LogP contribution is -2.26. The molecule has 1 aromatic carbocycles. The van der Waals surface area contributed by atoms with Crippen LogP contribution in [0.1, 0.15) is 18.9 Å². The van der Waals surface area contributed by atoms with Crippen molar-refractivity contribution in [3.05, 3.63) is 36.2 Å². The molecule has 1 radical (unpaired) electrons. The van der Waals surface area contributed by atoms with Gasteiger partial charge < -0.3 is 15.8 Å². The molecule has 0 bridgehead atoms. The number of methoxy groups -OCH3 is 1. The summed E-state index contributed by atoms with van der Waals surface area (Å²) in [6.45, 7) is 2.10. The van der Waals surface area contributed by atoms with Crippen molar-refractivity contribution in [2.75, 3.05) is 7.11 Å². The first-order valence-corrected chi connectivity index (χ1v) is 6.06. The normalized spacial score (nSPS) is 11.7. The Balaban J connectivity index is 2.35. The van der Waals surface area contributed by atoms with Crippen LogP contribution in [0.5, 0.6) is 5.75 Å². The topological polar surface area (TPSA) is 81.4 Å². The first-order valence-electron chi connectivity index (χ1n) is 6.06. The van der Waals surface area contributed by atoms with E-state index in [0.717, 1.165) is 11.3 Å². The third-order valence-corrected chi connectivity index (χ3v) is 2.74. The van der Waals surface area contributed by atoms with E-state index >= 15 is 0 Å². The van der Waals surface area contributed by atoms with Crippen molar-refractivity contribution in [2.24, 2.45) is 11.7 Å². The molecule has 0 aliphatic rings. The fraction of sp³-hybridized carbons (Fsp3) is 0.357. The van der Waals surface area contributed by atoms with E-state index in [1.165, 1.54) is 6.42 Å². The smallest absolute Gasteiger partial charge is 0.224 e. The molecule has 19 heavy (non-hydrogen) atoms. The number of benzene rings is 1. The second-order valence-corrected chi connectivity index (χ2v) is 4.31. The molecule has 3 N–H and O–H groups in total. The fourth-order valence-electron chi connectivity index (χ4n) is 1.44. The molecule has 0 saturated heterocycles. The van der Waals surface area contributed by atoms with Gasteiger partial charge in [-0.25, -0.2) is 0 Å². The molecule has 5 nitrogen and oxygen atoms in total. The van der Waals surface area contributed by atoms with E-state index in [9.17, 15) is 9.59 Å². The van der Waals surface area contributed by atoms with E-state index in [-0.39, 0.29) is 11.8 Å². The van der Waals surface area contributed by atoms with Crippen LogP contribution in [0.25, 0.3) is 0 Å². The molecule has 1 atom stereocenters. The highest BCUT2D eigenvalue weighted by Crippen LogP contribution is 2.12. The number of hydrogen-bond donors (Lipinski definition) is 2. The van der Waals surface area contributed by atoms with E-state index in [4.69, 9.17) is 10.5 Å². The summed E-state index contributed by atoms with van der Waals surface area (Å²) in [7, 11) is 1.59. The minimum Gasteiger partial charge on any atom is -0.497 e. The maximum absolute atomic E-state index is 11.5. The predicted octanol–water partition coefficient (Wildman–Crippen LogP) is 1.03. The summed E-state index contributed by atoms with van der Waals surface area (Å²) < 4.78 is 5.10. The highest BCUT2D eigenvalue weighted by molar-refractivity contribution is 5.85. The third-order valence-electron chi connectivity index (χ3n) is 2.74. The molecule has 0 saturated carbocycles. The zero-order valence-corrected chi connectivity index (χ0v) is 11.2. The van der Waals surface area contributed by atoms with Gasteiger partial charge in [0.25, 0.3) is 0 Å². The third kappa shape index (κ3) is 5.42. The zero-order valence-electron chi connectivity index (χ0n) is 11.2. The number of carbonyl (C=O) groups is 2. The maximum Gasteiger partial charge on any atom is 0.224 e. The fourth-order valence-corrected chi connectivity index (χ4v) is 1.44. The number of nitrogens with two attached hydrogens (primary N) is 1. The van der Waals surface area contributed by atoms with Crippen molar-refractivity contribution >= 4 is 11.8 Å². The van der Waals surface area contributed by atoms with Crippen molar-refractivity contribution in [3.63, 3.8) is 0 Å². The molecule has 0 fully saturated rings. The van der Waals surface area contributed by atoms with Gasteiger partial charge in [0.2, 0.25) is 11.8 Å². The van der Waals surface area contributed by atoms with Crippen LogP contribution in [0, 0.1) is 12.3 Å². The predicted molar refractivity (Wildman–Crippen MR) is 72.1 cm³/mol. The minimum atomic E-state index is -0.406. The van der Waals surface area contributed by atoms with E-state index < -0.39 is 5.91 Å². The molecule has 103 valence electrons. The molecule has 5 heteroatoms. The van der Waals surface area contributed by atoms with Crippen LogP contribution in [0.4, 0.5) is 0 Å². The van der Waals surface area contributed by atoms with Crippen molar-refractivity contribution < 1.29 is 14.3 Å². The van der Waals surface area contributed by atoms with E-state index in [1.807, 2.05) is 24.3 Å². The summed E-state index contributed by atoms with van der Waals surface area (Å²) in [5, 5.41) is 2.74. The van der Waals surface area contributed by atoms with Crippen LogP contribution < -0.4 is 15.8 Å². The summed E-state index contributed by atoms with van der Waals surface area (Å²) in [4.78, 5) is 22.4. The lowest BCUT2D eigenvalue weighted by atomic mass is 10.1. The summed E-state index contributed by atoms with van der Waals surface area (Å²) in [6.07, 6.45) is 1.79. The number of carbonyl (C=O) groups excluding carboxylic acids is 2. The number of rotatable bonds is 7. The molecular formula is C14H19N2O3. The molecule has 0 aliphatic carbocycles. The van der Waals surface area contributed by atoms with Gasteiger partial charge in [0.15, 0.2) is 0 Å². The van der Waals surface area contributed by atoms with E-state index in [2.05, 4.69) is 5.32 Å². The SMILES string of the molecule is COc1cccc(CNC(=O)[CH]C[C@H](C)C(N)=O)c1. The molecule has 0 aliphatic heterocycles. The molecule has 0 unspecified atom stereocenters. The summed E-state index contributed by atoms with van der Waals surface area (Å²) in [6, 6.07) is 7.45. The van der Waals surface area contributed by atoms with Crippen LogP contribution in [0.15, 0.2) is 24.3 Å². The van der Waals surface area contributed by atoms with Crippen molar-refractivity contribution in [2.45, 2.75) is 19.9 Å². The number of nitrogens with one attached hydrogen (secondary N) is 1. The number of primary amides is 1. The molecule has 0 heterocycles. The first-order chi connectivity index (χ1) is 9.02. The average molecular weight is 263 g/mol. The van der Waals surface area contributed by atoms with E-state index in [1.54, 1.807) is 14.0 Å². The highest BCUT2D eigenvalue weighted by atomic mass is 16.5. The second kappa shape index (κ2) is 7.41. The lowest BCUT2D eigenvalue weighted by Gasteiger charge is -2.08. The molecule has 0 aromatic heterocycles. The number of ether oxygens (including phenoxy) is 1. The Kier molecular flexibility index (Phi) is 5.85. The van der Waals surface area contributed by atoms with Gasteiger partial charge in [0, 0.05) is 12.5 Å². The van der Waals surface area contributed by atoms with Crippen molar-refractivity contribution in [3.8, 4) is 5.75 Å². The van der Waals surface area contributed by atoms with Gasteiger partial charge in [-0.1, -0.05) is 19.1 Å². The van der Waals surface area contributed by atoms with Gasteiger partial charge in [0.1, 0.15) is 5.75 Å². The van der Waals surface area contributed by atoms with Crippen LogP contribution in [0.2, 0.25) is 0 Å². The van der Waals surface area contributed by atoms with Crippen LogP contribution in [-0.2, 0) is 16.1 Å². The summed E-state index contributed by atoms with van der Waals surface area (Å²) >= 11 is 0. The van der Waals surface area contributed by atoms with Crippen LogP contribution in [0.3, 0.4) is 0 Å². The second-order valence-electron chi connectivity index (χ2n) is 4.31. The van der Waals surface area contributed by atoms with Gasteiger partial charge in [0.05, 0.1) is 13.5 Å². The molecule has 0 spiro atoms. The first kappa shape index (κ1) is 15.0. The van der Waals surface area contributed by atoms with E-state index in [0.29, 0.717) is 13.0 Å².